The van der Waals surface area contributed by atoms with Crippen LogP contribution in [0, 0.1) is 0 Å². The average molecular weight is 175 g/mol. The minimum Gasteiger partial charge on any atom is -0.294 e. The Morgan fingerprint density at radius 3 is 2.77 bits per heavy atom. The van der Waals surface area contributed by atoms with Gasteiger partial charge >= 0.3 is 0 Å². The molecule has 0 N–H and O–H groups in total. The SMILES string of the molecule is [N-]=[N+]=Nc1ccccc1C(=O)C=O. The lowest BCUT2D eigenvalue weighted by Crippen LogP contribution is -1.99. The molecule has 5 nitrogen and oxygen atoms in total. The third-order valence-corrected chi connectivity index (χ3v) is 1.43. The molecule has 1 aromatic carbocycles. The molecule has 0 amide bonds. The molecule has 0 fully saturated rings. The van der Waals surface area contributed by atoms with E-state index >= 15 is 0 Å². The lowest BCUT2D eigenvalue weighted by atomic mass is 10.1. The van der Waals surface area contributed by atoms with E-state index in [9.17, 15) is 9.59 Å². The van der Waals surface area contributed by atoms with Crippen LogP contribution in [0.4, 0.5) is 5.69 Å². The van der Waals surface area contributed by atoms with Crippen molar-refractivity contribution in [1.29, 1.82) is 0 Å². The van der Waals surface area contributed by atoms with Crippen molar-refractivity contribution in [3.05, 3.63) is 40.3 Å². The van der Waals surface area contributed by atoms with E-state index < -0.39 is 5.78 Å². The Balaban J connectivity index is 3.26. The summed E-state index contributed by atoms with van der Waals surface area (Å²) >= 11 is 0. The first kappa shape index (κ1) is 8.96. The number of azide groups is 1. The third-order valence-electron chi connectivity index (χ3n) is 1.43. The van der Waals surface area contributed by atoms with Gasteiger partial charge in [0.2, 0.25) is 5.78 Å². The number of hydrogen-bond donors (Lipinski definition) is 0. The van der Waals surface area contributed by atoms with E-state index in [1.54, 1.807) is 12.1 Å². The van der Waals surface area contributed by atoms with E-state index in [0.717, 1.165) is 0 Å². The van der Waals surface area contributed by atoms with Gasteiger partial charge in [0, 0.05) is 16.2 Å². The predicted octanol–water partition coefficient (Wildman–Crippen LogP) is 2.01. The van der Waals surface area contributed by atoms with Gasteiger partial charge in [-0.1, -0.05) is 29.4 Å². The number of carbonyl (C=O) groups is 2. The summed E-state index contributed by atoms with van der Waals surface area (Å²) in [6.07, 6.45) is 0.186. The Hall–Kier alpha value is -2.13. The summed E-state index contributed by atoms with van der Waals surface area (Å²) < 4.78 is 0. The maximum Gasteiger partial charge on any atom is 0.225 e. The Morgan fingerprint density at radius 2 is 2.15 bits per heavy atom. The molecule has 0 saturated heterocycles. The fourth-order valence-electron chi connectivity index (χ4n) is 0.881. The van der Waals surface area contributed by atoms with Crippen LogP contribution in [0.2, 0.25) is 0 Å². The lowest BCUT2D eigenvalue weighted by Gasteiger charge is -1.97. The molecule has 13 heavy (non-hydrogen) atoms. The molecule has 0 saturated carbocycles. The van der Waals surface area contributed by atoms with E-state index in [1.165, 1.54) is 12.1 Å². The van der Waals surface area contributed by atoms with Gasteiger partial charge in [-0.2, -0.15) is 0 Å². The molecular formula is C8H5N3O2. The van der Waals surface area contributed by atoms with Crippen LogP contribution < -0.4 is 0 Å². The minimum absolute atomic E-state index is 0.121. The molecule has 0 aliphatic rings. The van der Waals surface area contributed by atoms with Crippen molar-refractivity contribution in [2.24, 2.45) is 5.11 Å². The number of benzene rings is 1. The van der Waals surface area contributed by atoms with Crippen molar-refractivity contribution in [3.8, 4) is 0 Å². The highest BCUT2D eigenvalue weighted by Gasteiger charge is 2.07. The molecule has 0 heterocycles. The highest BCUT2D eigenvalue weighted by atomic mass is 16.2. The highest BCUT2D eigenvalue weighted by Crippen LogP contribution is 2.18. The predicted molar refractivity (Wildman–Crippen MR) is 45.6 cm³/mol. The number of nitrogens with zero attached hydrogens (tertiary/aromatic N) is 3. The van der Waals surface area contributed by atoms with Gasteiger partial charge in [0.1, 0.15) is 0 Å². The summed E-state index contributed by atoms with van der Waals surface area (Å²) in [7, 11) is 0. The molecule has 0 radical (unpaired) electrons. The Labute approximate surface area is 73.6 Å². The summed E-state index contributed by atoms with van der Waals surface area (Å²) in [4.78, 5) is 23.7. The van der Waals surface area contributed by atoms with Crippen LogP contribution in [0.3, 0.4) is 0 Å². The van der Waals surface area contributed by atoms with Crippen molar-refractivity contribution in [3.63, 3.8) is 0 Å². The summed E-state index contributed by atoms with van der Waals surface area (Å²) in [5.41, 5.74) is 8.45. The molecule has 0 unspecified atom stereocenters. The molecule has 1 rings (SSSR count). The highest BCUT2D eigenvalue weighted by molar-refractivity contribution is 6.34. The first-order valence-electron chi connectivity index (χ1n) is 3.43. The molecule has 5 heteroatoms. The van der Waals surface area contributed by atoms with Crippen molar-refractivity contribution >= 4 is 17.8 Å². The van der Waals surface area contributed by atoms with Gasteiger partial charge in [-0.25, -0.2) is 0 Å². The monoisotopic (exact) mass is 175 g/mol. The van der Waals surface area contributed by atoms with E-state index in [1.807, 2.05) is 0 Å². The molecule has 0 spiro atoms. The summed E-state index contributed by atoms with van der Waals surface area (Å²) in [5, 5.41) is 3.28. The average Bonchev–Trinajstić information content (AvgIpc) is 2.18. The maximum atomic E-state index is 11.0. The molecule has 0 aromatic heterocycles. The molecule has 0 aliphatic carbocycles. The summed E-state index contributed by atoms with van der Waals surface area (Å²) in [5.74, 6) is -0.692. The van der Waals surface area contributed by atoms with E-state index in [-0.39, 0.29) is 17.5 Å². The van der Waals surface area contributed by atoms with Crippen LogP contribution >= 0.6 is 0 Å². The Bertz CT molecular complexity index is 394. The minimum atomic E-state index is -0.692. The van der Waals surface area contributed by atoms with E-state index in [4.69, 9.17) is 5.53 Å². The number of carbonyl (C=O) groups excluding carboxylic acids is 2. The smallest absolute Gasteiger partial charge is 0.225 e. The van der Waals surface area contributed by atoms with Gasteiger partial charge in [-0.15, -0.1) is 0 Å². The first-order valence-corrected chi connectivity index (χ1v) is 3.43. The van der Waals surface area contributed by atoms with Crippen LogP contribution in [0.5, 0.6) is 0 Å². The quantitative estimate of drug-likeness (QED) is 0.176. The van der Waals surface area contributed by atoms with Gasteiger partial charge in [-0.05, 0) is 5.53 Å². The Morgan fingerprint density at radius 1 is 1.46 bits per heavy atom. The van der Waals surface area contributed by atoms with Gasteiger partial charge in [0.15, 0.2) is 6.29 Å². The summed E-state index contributed by atoms with van der Waals surface area (Å²) in [6, 6.07) is 6.11. The van der Waals surface area contributed by atoms with E-state index in [0.29, 0.717) is 0 Å². The number of ketones is 1. The van der Waals surface area contributed by atoms with Gasteiger partial charge in [0.25, 0.3) is 0 Å². The van der Waals surface area contributed by atoms with E-state index in [2.05, 4.69) is 10.0 Å². The third kappa shape index (κ3) is 1.91. The molecule has 64 valence electrons. The number of rotatable bonds is 3. The standard InChI is InChI=1S/C8H5N3O2/c9-11-10-7-4-2-1-3-6(7)8(13)5-12/h1-5H. The Kier molecular flexibility index (Phi) is 2.78. The van der Waals surface area contributed by atoms with Gasteiger partial charge < -0.3 is 0 Å². The van der Waals surface area contributed by atoms with Gasteiger partial charge in [-0.3, -0.25) is 9.59 Å². The molecular weight excluding hydrogens is 170 g/mol. The maximum absolute atomic E-state index is 11.0. The normalized spacial score (nSPS) is 8.62. The second-order valence-electron chi connectivity index (χ2n) is 2.19. The molecule has 1 aromatic rings. The zero-order valence-corrected chi connectivity index (χ0v) is 6.54. The van der Waals surface area contributed by atoms with Crippen LogP contribution in [0.15, 0.2) is 29.4 Å². The summed E-state index contributed by atoms with van der Waals surface area (Å²) in [6.45, 7) is 0. The van der Waals surface area contributed by atoms with Gasteiger partial charge in [0.05, 0.1) is 0 Å². The van der Waals surface area contributed by atoms with Crippen LogP contribution in [0.1, 0.15) is 10.4 Å². The van der Waals surface area contributed by atoms with Crippen molar-refractivity contribution in [2.45, 2.75) is 0 Å². The molecule has 0 atom stereocenters. The van der Waals surface area contributed by atoms with Crippen LogP contribution in [-0.2, 0) is 4.79 Å². The topological polar surface area (TPSA) is 82.9 Å². The second-order valence-corrected chi connectivity index (χ2v) is 2.19. The fourth-order valence-corrected chi connectivity index (χ4v) is 0.881. The fraction of sp³-hybridized carbons (Fsp3) is 0. The van der Waals surface area contributed by atoms with Crippen molar-refractivity contribution in [1.82, 2.24) is 0 Å². The lowest BCUT2D eigenvalue weighted by molar-refractivity contribution is -0.104. The number of aldehydes is 1. The number of hydrogen-bond acceptors (Lipinski definition) is 3. The zero-order valence-electron chi connectivity index (χ0n) is 6.54. The zero-order chi connectivity index (χ0) is 9.68. The number of Topliss-reactive ketones (excluding diaryl/α,β-unsaturated/α-hetero) is 1. The molecule has 0 bridgehead atoms. The van der Waals surface area contributed by atoms with Crippen LogP contribution in [0.25, 0.3) is 10.4 Å². The van der Waals surface area contributed by atoms with Crippen molar-refractivity contribution in [2.75, 3.05) is 0 Å². The van der Waals surface area contributed by atoms with Crippen LogP contribution in [-0.4, -0.2) is 12.1 Å². The second kappa shape index (κ2) is 4.04. The largest absolute Gasteiger partial charge is 0.294 e. The first-order chi connectivity index (χ1) is 6.29. The molecule has 0 aliphatic heterocycles. The van der Waals surface area contributed by atoms with Crippen molar-refractivity contribution < 1.29 is 9.59 Å².